The summed E-state index contributed by atoms with van der Waals surface area (Å²) in [5.74, 6) is -0.700. The standard InChI is InChI=1S/C23H25NO5/c25-21(7-4-8-22(26)27)24-13-11-23(12-14-24)28-16-19-15-18(9-10-20(19)29-23)17-5-2-1-3-6-17/h1-3,5-6,9-10,15H,4,7-8,11-14,16H2,(H,26,27). The molecule has 1 spiro atoms. The highest BCUT2D eigenvalue weighted by atomic mass is 16.7. The zero-order chi connectivity index (χ0) is 20.3. The molecule has 29 heavy (non-hydrogen) atoms. The molecule has 2 aliphatic rings. The van der Waals surface area contributed by atoms with Gasteiger partial charge >= 0.3 is 5.97 Å². The molecule has 6 heteroatoms. The summed E-state index contributed by atoms with van der Waals surface area (Å²) in [4.78, 5) is 24.7. The zero-order valence-corrected chi connectivity index (χ0v) is 16.3. The monoisotopic (exact) mass is 395 g/mol. The topological polar surface area (TPSA) is 76.1 Å². The number of ether oxygens (including phenoxy) is 2. The Morgan fingerprint density at radius 1 is 1.00 bits per heavy atom. The fourth-order valence-corrected chi connectivity index (χ4v) is 3.93. The smallest absolute Gasteiger partial charge is 0.303 e. The molecule has 1 N–H and O–H groups in total. The molecule has 0 unspecified atom stereocenters. The minimum atomic E-state index is -0.867. The third-order valence-corrected chi connectivity index (χ3v) is 5.61. The van der Waals surface area contributed by atoms with Crippen molar-refractivity contribution in [3.05, 3.63) is 54.1 Å². The summed E-state index contributed by atoms with van der Waals surface area (Å²) in [7, 11) is 0. The molecule has 0 saturated carbocycles. The van der Waals surface area contributed by atoms with Gasteiger partial charge in [0.25, 0.3) is 0 Å². The number of nitrogens with zero attached hydrogens (tertiary/aromatic N) is 1. The van der Waals surface area contributed by atoms with Crippen molar-refractivity contribution in [2.45, 2.75) is 44.5 Å². The highest BCUT2D eigenvalue weighted by molar-refractivity contribution is 5.77. The number of fused-ring (bicyclic) bond motifs is 1. The average Bonchev–Trinajstić information content (AvgIpc) is 2.74. The molecule has 0 bridgehead atoms. The first-order valence-corrected chi connectivity index (χ1v) is 10.1. The number of carboxylic acid groups (broad SMARTS) is 1. The first kappa shape index (κ1) is 19.5. The number of hydrogen-bond donors (Lipinski definition) is 1. The number of likely N-dealkylation sites (tertiary alicyclic amines) is 1. The lowest BCUT2D eigenvalue weighted by Gasteiger charge is -2.44. The van der Waals surface area contributed by atoms with E-state index in [1.54, 1.807) is 4.90 Å². The van der Waals surface area contributed by atoms with Crippen LogP contribution in [0.2, 0.25) is 0 Å². The first-order chi connectivity index (χ1) is 14.0. The van der Waals surface area contributed by atoms with Crippen molar-refractivity contribution in [1.29, 1.82) is 0 Å². The van der Waals surface area contributed by atoms with Gasteiger partial charge in [-0.3, -0.25) is 9.59 Å². The van der Waals surface area contributed by atoms with E-state index in [0.717, 1.165) is 22.4 Å². The van der Waals surface area contributed by atoms with E-state index in [-0.39, 0.29) is 18.7 Å². The number of hydrogen-bond acceptors (Lipinski definition) is 4. The van der Waals surface area contributed by atoms with Gasteiger partial charge < -0.3 is 19.5 Å². The Kier molecular flexibility index (Phi) is 5.53. The van der Waals surface area contributed by atoms with E-state index in [1.165, 1.54) is 0 Å². The molecule has 2 aliphatic heterocycles. The van der Waals surface area contributed by atoms with Crippen LogP contribution in [0.3, 0.4) is 0 Å². The molecule has 4 rings (SSSR count). The largest absolute Gasteiger partial charge is 0.481 e. The number of amides is 1. The third kappa shape index (κ3) is 4.43. The van der Waals surface area contributed by atoms with Crippen LogP contribution in [-0.4, -0.2) is 40.8 Å². The second-order valence-electron chi connectivity index (χ2n) is 7.62. The van der Waals surface area contributed by atoms with Gasteiger partial charge in [-0.2, -0.15) is 0 Å². The van der Waals surface area contributed by atoms with Gasteiger partial charge in [0, 0.05) is 44.3 Å². The zero-order valence-electron chi connectivity index (χ0n) is 16.3. The van der Waals surface area contributed by atoms with Crippen LogP contribution in [0.4, 0.5) is 0 Å². The van der Waals surface area contributed by atoms with Gasteiger partial charge in [0.15, 0.2) is 0 Å². The Morgan fingerprint density at radius 3 is 2.48 bits per heavy atom. The van der Waals surface area contributed by atoms with Crippen molar-refractivity contribution in [2.24, 2.45) is 0 Å². The highest BCUT2D eigenvalue weighted by Crippen LogP contribution is 2.39. The number of aliphatic carboxylic acids is 1. The third-order valence-electron chi connectivity index (χ3n) is 5.61. The Hall–Kier alpha value is -2.86. The van der Waals surface area contributed by atoms with Crippen LogP contribution in [0, 0.1) is 0 Å². The van der Waals surface area contributed by atoms with Crippen LogP contribution in [0.5, 0.6) is 5.75 Å². The van der Waals surface area contributed by atoms with Crippen LogP contribution in [0.25, 0.3) is 11.1 Å². The predicted octanol–water partition coefficient (Wildman–Crippen LogP) is 3.84. The van der Waals surface area contributed by atoms with Gasteiger partial charge in [0.05, 0.1) is 6.61 Å². The maximum atomic E-state index is 12.3. The number of piperidine rings is 1. The summed E-state index contributed by atoms with van der Waals surface area (Å²) in [6.45, 7) is 1.61. The molecule has 1 saturated heterocycles. The van der Waals surface area contributed by atoms with Gasteiger partial charge in [-0.1, -0.05) is 36.4 Å². The van der Waals surface area contributed by atoms with Crippen molar-refractivity contribution in [1.82, 2.24) is 4.90 Å². The molecule has 0 aromatic heterocycles. The van der Waals surface area contributed by atoms with Crippen molar-refractivity contribution in [3.8, 4) is 16.9 Å². The quantitative estimate of drug-likeness (QED) is 0.833. The second kappa shape index (κ2) is 8.25. The Balaban J connectivity index is 1.37. The lowest BCUT2D eigenvalue weighted by molar-refractivity contribution is -0.227. The van der Waals surface area contributed by atoms with Crippen LogP contribution in [-0.2, 0) is 20.9 Å². The molecule has 2 aromatic rings. The SMILES string of the molecule is O=C(O)CCCC(=O)N1CCC2(CC1)OCc1cc(-c3ccccc3)ccc1O2. The van der Waals surface area contributed by atoms with E-state index in [9.17, 15) is 9.59 Å². The molecule has 152 valence electrons. The van der Waals surface area contributed by atoms with E-state index in [0.29, 0.717) is 39.0 Å². The second-order valence-corrected chi connectivity index (χ2v) is 7.62. The Bertz CT molecular complexity index is 887. The fraction of sp³-hybridized carbons (Fsp3) is 0.391. The summed E-state index contributed by atoms with van der Waals surface area (Å²) in [6.07, 6.45) is 1.89. The molecular weight excluding hydrogens is 370 g/mol. The molecule has 2 heterocycles. The highest BCUT2D eigenvalue weighted by Gasteiger charge is 2.41. The molecule has 0 radical (unpaired) electrons. The molecule has 0 atom stereocenters. The van der Waals surface area contributed by atoms with Crippen molar-refractivity contribution < 1.29 is 24.2 Å². The molecule has 1 amide bonds. The van der Waals surface area contributed by atoms with Crippen molar-refractivity contribution in [3.63, 3.8) is 0 Å². The summed E-state index contributed by atoms with van der Waals surface area (Å²) >= 11 is 0. The van der Waals surface area contributed by atoms with Crippen LogP contribution >= 0.6 is 0 Å². The van der Waals surface area contributed by atoms with E-state index in [1.807, 2.05) is 24.3 Å². The number of carboxylic acids is 1. The summed E-state index contributed by atoms with van der Waals surface area (Å²) in [5.41, 5.74) is 3.32. The molecular formula is C23H25NO5. The summed E-state index contributed by atoms with van der Waals surface area (Å²) in [5, 5.41) is 8.71. The van der Waals surface area contributed by atoms with E-state index in [2.05, 4.69) is 24.3 Å². The number of rotatable bonds is 5. The molecule has 0 aliphatic carbocycles. The minimum absolute atomic E-state index is 0.00446. The van der Waals surface area contributed by atoms with Crippen molar-refractivity contribution in [2.75, 3.05) is 13.1 Å². The normalized spacial score (nSPS) is 17.4. The predicted molar refractivity (Wildman–Crippen MR) is 107 cm³/mol. The Labute approximate surface area is 170 Å². The molecule has 6 nitrogen and oxygen atoms in total. The summed E-state index contributed by atoms with van der Waals surface area (Å²) in [6, 6.07) is 16.4. The number of benzene rings is 2. The lowest BCUT2D eigenvalue weighted by Crippen LogP contribution is -2.52. The minimum Gasteiger partial charge on any atom is -0.481 e. The van der Waals surface area contributed by atoms with Gasteiger partial charge in [-0.15, -0.1) is 0 Å². The van der Waals surface area contributed by atoms with Crippen LogP contribution in [0.15, 0.2) is 48.5 Å². The first-order valence-electron chi connectivity index (χ1n) is 10.1. The van der Waals surface area contributed by atoms with E-state index in [4.69, 9.17) is 14.6 Å². The maximum Gasteiger partial charge on any atom is 0.303 e. The van der Waals surface area contributed by atoms with Crippen LogP contribution < -0.4 is 4.74 Å². The molecule has 2 aromatic carbocycles. The van der Waals surface area contributed by atoms with Gasteiger partial charge in [0.2, 0.25) is 11.7 Å². The lowest BCUT2D eigenvalue weighted by atomic mass is 9.99. The Morgan fingerprint density at radius 2 is 1.76 bits per heavy atom. The van der Waals surface area contributed by atoms with Gasteiger partial charge in [-0.05, 0) is 29.7 Å². The average molecular weight is 395 g/mol. The van der Waals surface area contributed by atoms with Crippen LogP contribution in [0.1, 0.15) is 37.7 Å². The van der Waals surface area contributed by atoms with Crippen molar-refractivity contribution >= 4 is 11.9 Å². The number of carbonyl (C=O) groups is 2. The van der Waals surface area contributed by atoms with Gasteiger partial charge in [-0.25, -0.2) is 0 Å². The van der Waals surface area contributed by atoms with E-state index < -0.39 is 11.8 Å². The number of carbonyl (C=O) groups excluding carboxylic acids is 1. The summed E-state index contributed by atoms with van der Waals surface area (Å²) < 4.78 is 12.4. The van der Waals surface area contributed by atoms with E-state index >= 15 is 0 Å². The maximum absolute atomic E-state index is 12.3. The molecule has 1 fully saturated rings. The van der Waals surface area contributed by atoms with Gasteiger partial charge in [0.1, 0.15) is 5.75 Å². The fourth-order valence-electron chi connectivity index (χ4n) is 3.93.